The summed E-state index contributed by atoms with van der Waals surface area (Å²) in [5.41, 5.74) is 0. The molecular formula is C10H20O2. The average molecular weight is 172 g/mol. The Morgan fingerprint density at radius 2 is 1.83 bits per heavy atom. The highest BCUT2D eigenvalue weighted by molar-refractivity contribution is 5.72. The second kappa shape index (κ2) is 6.04. The fourth-order valence-corrected chi connectivity index (χ4v) is 1.34. The van der Waals surface area contributed by atoms with E-state index in [0.717, 1.165) is 12.8 Å². The molecule has 0 rings (SSSR count). The molecule has 0 saturated heterocycles. The summed E-state index contributed by atoms with van der Waals surface area (Å²) in [7, 11) is 0. The van der Waals surface area contributed by atoms with Crippen molar-refractivity contribution < 1.29 is 9.53 Å². The zero-order valence-electron chi connectivity index (χ0n) is 8.59. The molecule has 0 aromatic rings. The van der Waals surface area contributed by atoms with Crippen LogP contribution < -0.4 is 0 Å². The van der Waals surface area contributed by atoms with Crippen LogP contribution in [-0.2, 0) is 9.53 Å². The van der Waals surface area contributed by atoms with Crippen LogP contribution in [0.4, 0.5) is 0 Å². The Bertz CT molecular complexity index is 132. The third-order valence-corrected chi connectivity index (χ3v) is 2.36. The van der Waals surface area contributed by atoms with Crippen molar-refractivity contribution in [3.63, 3.8) is 0 Å². The molecule has 2 heteroatoms. The molecule has 0 amide bonds. The van der Waals surface area contributed by atoms with Crippen LogP contribution in [0.15, 0.2) is 0 Å². The largest absolute Gasteiger partial charge is 0.466 e. The maximum atomic E-state index is 11.4. The lowest BCUT2D eigenvalue weighted by molar-refractivity contribution is -0.150. The van der Waals surface area contributed by atoms with Gasteiger partial charge in [0, 0.05) is 0 Å². The predicted molar refractivity (Wildman–Crippen MR) is 49.9 cm³/mol. The molecule has 0 bridgehead atoms. The van der Waals surface area contributed by atoms with Crippen LogP contribution in [0.5, 0.6) is 0 Å². The summed E-state index contributed by atoms with van der Waals surface area (Å²) in [5, 5.41) is 0. The topological polar surface area (TPSA) is 26.3 Å². The maximum absolute atomic E-state index is 11.4. The SMILES string of the molecule is CCOC(=O)[C@@H](CC)C(C)CC. The lowest BCUT2D eigenvalue weighted by atomic mass is 9.90. The van der Waals surface area contributed by atoms with Crippen molar-refractivity contribution in [2.75, 3.05) is 6.61 Å². The monoisotopic (exact) mass is 172 g/mol. The molecule has 0 heterocycles. The van der Waals surface area contributed by atoms with E-state index < -0.39 is 0 Å². The number of carbonyl (C=O) groups excluding carboxylic acids is 1. The van der Waals surface area contributed by atoms with E-state index in [-0.39, 0.29) is 11.9 Å². The number of rotatable bonds is 5. The third kappa shape index (κ3) is 3.24. The first-order chi connectivity index (χ1) is 5.67. The first kappa shape index (κ1) is 11.5. The van der Waals surface area contributed by atoms with E-state index in [9.17, 15) is 4.79 Å². The third-order valence-electron chi connectivity index (χ3n) is 2.36. The van der Waals surface area contributed by atoms with Gasteiger partial charge in [0.25, 0.3) is 0 Å². The van der Waals surface area contributed by atoms with E-state index in [1.807, 2.05) is 13.8 Å². The van der Waals surface area contributed by atoms with Gasteiger partial charge in [-0.2, -0.15) is 0 Å². The zero-order chi connectivity index (χ0) is 9.56. The van der Waals surface area contributed by atoms with E-state index >= 15 is 0 Å². The van der Waals surface area contributed by atoms with E-state index in [1.54, 1.807) is 0 Å². The first-order valence-corrected chi connectivity index (χ1v) is 4.83. The maximum Gasteiger partial charge on any atom is 0.309 e. The summed E-state index contributed by atoms with van der Waals surface area (Å²) in [6.45, 7) is 8.58. The van der Waals surface area contributed by atoms with Crippen LogP contribution >= 0.6 is 0 Å². The van der Waals surface area contributed by atoms with Crippen molar-refractivity contribution in [1.29, 1.82) is 0 Å². The minimum atomic E-state index is -0.0330. The van der Waals surface area contributed by atoms with Crippen LogP contribution in [0.2, 0.25) is 0 Å². The number of ether oxygens (including phenoxy) is 1. The molecule has 2 atom stereocenters. The summed E-state index contributed by atoms with van der Waals surface area (Å²) >= 11 is 0. The van der Waals surface area contributed by atoms with Gasteiger partial charge in [-0.1, -0.05) is 27.2 Å². The Morgan fingerprint density at radius 1 is 1.25 bits per heavy atom. The molecule has 0 radical (unpaired) electrons. The van der Waals surface area contributed by atoms with Crippen molar-refractivity contribution in [3.8, 4) is 0 Å². The Hall–Kier alpha value is -0.530. The molecule has 12 heavy (non-hydrogen) atoms. The molecule has 0 saturated carbocycles. The predicted octanol–water partition coefficient (Wildman–Crippen LogP) is 2.62. The van der Waals surface area contributed by atoms with Gasteiger partial charge >= 0.3 is 5.97 Å². The van der Waals surface area contributed by atoms with E-state index in [2.05, 4.69) is 13.8 Å². The summed E-state index contributed by atoms with van der Waals surface area (Å²) in [4.78, 5) is 11.4. The summed E-state index contributed by atoms with van der Waals surface area (Å²) in [6.07, 6.45) is 1.92. The lowest BCUT2D eigenvalue weighted by Gasteiger charge is -2.19. The molecular weight excluding hydrogens is 152 g/mol. The second-order valence-corrected chi connectivity index (χ2v) is 3.15. The minimum Gasteiger partial charge on any atom is -0.466 e. The van der Waals surface area contributed by atoms with Gasteiger partial charge in [0.15, 0.2) is 0 Å². The Labute approximate surface area is 75.3 Å². The van der Waals surface area contributed by atoms with Crippen LogP contribution in [0.1, 0.15) is 40.5 Å². The molecule has 0 aromatic carbocycles. The molecule has 0 spiro atoms. The molecule has 0 aliphatic rings. The van der Waals surface area contributed by atoms with Gasteiger partial charge in [-0.3, -0.25) is 4.79 Å². The number of carbonyl (C=O) groups is 1. The number of hydrogen-bond donors (Lipinski definition) is 0. The number of esters is 1. The normalized spacial score (nSPS) is 15.3. The summed E-state index contributed by atoms with van der Waals surface area (Å²) in [6, 6.07) is 0. The van der Waals surface area contributed by atoms with Crippen molar-refractivity contribution in [3.05, 3.63) is 0 Å². The molecule has 0 aliphatic heterocycles. The van der Waals surface area contributed by atoms with E-state index in [1.165, 1.54) is 0 Å². The fourth-order valence-electron chi connectivity index (χ4n) is 1.34. The highest BCUT2D eigenvalue weighted by Crippen LogP contribution is 2.19. The van der Waals surface area contributed by atoms with Crippen molar-refractivity contribution in [2.24, 2.45) is 11.8 Å². The summed E-state index contributed by atoms with van der Waals surface area (Å²) < 4.78 is 4.98. The smallest absolute Gasteiger partial charge is 0.309 e. The first-order valence-electron chi connectivity index (χ1n) is 4.83. The zero-order valence-corrected chi connectivity index (χ0v) is 8.59. The van der Waals surface area contributed by atoms with E-state index in [0.29, 0.717) is 12.5 Å². The van der Waals surface area contributed by atoms with Crippen LogP contribution in [-0.4, -0.2) is 12.6 Å². The Kier molecular flexibility index (Phi) is 5.77. The van der Waals surface area contributed by atoms with Gasteiger partial charge in [0.1, 0.15) is 0 Å². The van der Waals surface area contributed by atoms with Gasteiger partial charge in [-0.05, 0) is 19.3 Å². The Balaban J connectivity index is 4.04. The molecule has 0 aliphatic carbocycles. The van der Waals surface area contributed by atoms with Crippen molar-refractivity contribution in [1.82, 2.24) is 0 Å². The molecule has 72 valence electrons. The van der Waals surface area contributed by atoms with Crippen molar-refractivity contribution in [2.45, 2.75) is 40.5 Å². The molecule has 1 unspecified atom stereocenters. The van der Waals surface area contributed by atoms with Crippen LogP contribution in [0, 0.1) is 11.8 Å². The molecule has 2 nitrogen and oxygen atoms in total. The highest BCUT2D eigenvalue weighted by atomic mass is 16.5. The quantitative estimate of drug-likeness (QED) is 0.596. The minimum absolute atomic E-state index is 0.0330. The lowest BCUT2D eigenvalue weighted by Crippen LogP contribution is -2.23. The molecule has 0 N–H and O–H groups in total. The van der Waals surface area contributed by atoms with Gasteiger partial charge in [-0.25, -0.2) is 0 Å². The van der Waals surface area contributed by atoms with Crippen molar-refractivity contribution >= 4 is 5.97 Å². The Morgan fingerprint density at radius 3 is 2.17 bits per heavy atom. The average Bonchev–Trinajstić information content (AvgIpc) is 2.06. The standard InChI is InChI=1S/C10H20O2/c1-5-8(4)9(6-2)10(11)12-7-3/h8-9H,5-7H2,1-4H3/t8?,9-/m0/s1. The molecule has 0 aromatic heterocycles. The van der Waals surface area contributed by atoms with Gasteiger partial charge in [0.05, 0.1) is 12.5 Å². The van der Waals surface area contributed by atoms with Crippen LogP contribution in [0.25, 0.3) is 0 Å². The van der Waals surface area contributed by atoms with Gasteiger partial charge < -0.3 is 4.74 Å². The van der Waals surface area contributed by atoms with Gasteiger partial charge in [-0.15, -0.1) is 0 Å². The highest BCUT2D eigenvalue weighted by Gasteiger charge is 2.22. The number of hydrogen-bond acceptors (Lipinski definition) is 2. The van der Waals surface area contributed by atoms with Crippen LogP contribution in [0.3, 0.4) is 0 Å². The second-order valence-electron chi connectivity index (χ2n) is 3.15. The summed E-state index contributed by atoms with van der Waals surface area (Å²) in [5.74, 6) is 0.498. The molecule has 0 fully saturated rings. The van der Waals surface area contributed by atoms with E-state index in [4.69, 9.17) is 4.74 Å². The van der Waals surface area contributed by atoms with Gasteiger partial charge in [0.2, 0.25) is 0 Å². The fraction of sp³-hybridized carbons (Fsp3) is 0.900.